The number of nitrogens with zero attached hydrogens (tertiary/aromatic N) is 2. The molecule has 1 aliphatic heterocycles. The first-order valence-corrected chi connectivity index (χ1v) is 18.0. The van der Waals surface area contributed by atoms with Gasteiger partial charge in [0.25, 0.3) is 0 Å². The molecule has 3 aromatic rings. The SMILES string of the molecule is CC(C)CN([C@H](CO)CCCCNC(=O)C(NC(=O)N1CCOCC1)C(c1ccccc1)c1ccccc1)S(=O)(=O)c1ccc(N)cc1. The average molecular weight is 680 g/mol. The number of rotatable bonds is 16. The summed E-state index contributed by atoms with van der Waals surface area (Å²) in [7, 11) is -3.88. The van der Waals surface area contributed by atoms with E-state index in [1.807, 2.05) is 74.5 Å². The van der Waals surface area contributed by atoms with Crippen LogP contribution in [-0.4, -0.2) is 92.8 Å². The van der Waals surface area contributed by atoms with Gasteiger partial charge in [0.2, 0.25) is 15.9 Å². The molecule has 0 aliphatic carbocycles. The van der Waals surface area contributed by atoms with Gasteiger partial charge in [-0.1, -0.05) is 80.9 Å². The number of nitrogens with two attached hydrogens (primary N) is 1. The first-order chi connectivity index (χ1) is 23.1. The van der Waals surface area contributed by atoms with Crippen molar-refractivity contribution >= 4 is 27.6 Å². The summed E-state index contributed by atoms with van der Waals surface area (Å²) in [6, 6.07) is 23.5. The highest BCUT2D eigenvalue weighted by atomic mass is 32.2. The molecule has 1 aliphatic rings. The van der Waals surface area contributed by atoms with E-state index in [2.05, 4.69) is 10.6 Å². The zero-order valence-electron chi connectivity index (χ0n) is 27.8. The van der Waals surface area contributed by atoms with Gasteiger partial charge in [0, 0.05) is 43.8 Å². The lowest BCUT2D eigenvalue weighted by Crippen LogP contribution is -2.55. The molecule has 0 bridgehead atoms. The number of anilines is 1. The molecule has 48 heavy (non-hydrogen) atoms. The van der Waals surface area contributed by atoms with Crippen LogP contribution in [0.2, 0.25) is 0 Å². The summed E-state index contributed by atoms with van der Waals surface area (Å²) in [5.41, 5.74) is 8.03. The number of morpholine rings is 1. The second-order valence-electron chi connectivity index (χ2n) is 12.5. The molecule has 3 aromatic carbocycles. The Balaban J connectivity index is 1.46. The Hall–Kier alpha value is -3.97. The molecule has 3 amide bonds. The van der Waals surface area contributed by atoms with Gasteiger partial charge in [0.05, 0.1) is 24.7 Å². The molecule has 260 valence electrons. The van der Waals surface area contributed by atoms with Gasteiger partial charge in [0.15, 0.2) is 0 Å². The van der Waals surface area contributed by atoms with Crippen LogP contribution in [0.15, 0.2) is 89.8 Å². The molecule has 4 rings (SSSR count). The summed E-state index contributed by atoms with van der Waals surface area (Å²) in [5.74, 6) is -0.728. The van der Waals surface area contributed by atoms with E-state index in [-0.39, 0.29) is 35.9 Å². The second-order valence-corrected chi connectivity index (χ2v) is 14.4. The number of nitrogen functional groups attached to an aromatic ring is 1. The quantitative estimate of drug-likeness (QED) is 0.133. The van der Waals surface area contributed by atoms with Crippen molar-refractivity contribution in [2.24, 2.45) is 5.92 Å². The van der Waals surface area contributed by atoms with E-state index < -0.39 is 28.0 Å². The third kappa shape index (κ3) is 10.0. The number of aliphatic hydroxyl groups is 1. The highest BCUT2D eigenvalue weighted by molar-refractivity contribution is 7.89. The predicted molar refractivity (Wildman–Crippen MR) is 187 cm³/mol. The molecule has 1 fully saturated rings. The number of hydrogen-bond acceptors (Lipinski definition) is 7. The maximum absolute atomic E-state index is 13.9. The molecular formula is C36H49N5O6S. The van der Waals surface area contributed by atoms with Gasteiger partial charge in [-0.25, -0.2) is 13.2 Å². The standard InChI is InChI=1S/C36H49N5O6S/c1-27(2)25-41(48(45,46)32-18-16-30(37)17-19-32)31(26-42)15-9-10-20-38-35(43)34(39-36(44)40-21-23-47-24-22-40)33(28-11-5-3-6-12-28)29-13-7-4-8-14-29/h3-8,11-14,16-19,27,31,33-34,42H,9-10,15,20-26,37H2,1-2H3,(H,38,43)(H,39,44)/t31-,34?/m0/s1. The average Bonchev–Trinajstić information content (AvgIpc) is 3.10. The van der Waals surface area contributed by atoms with E-state index >= 15 is 0 Å². The van der Waals surface area contributed by atoms with Crippen LogP contribution in [0.25, 0.3) is 0 Å². The molecule has 5 N–H and O–H groups in total. The molecule has 0 aromatic heterocycles. The van der Waals surface area contributed by atoms with Crippen molar-refractivity contribution in [2.45, 2.75) is 56.0 Å². The first-order valence-electron chi connectivity index (χ1n) is 16.6. The lowest BCUT2D eigenvalue weighted by Gasteiger charge is -2.32. The van der Waals surface area contributed by atoms with Gasteiger partial charge in [-0.15, -0.1) is 0 Å². The predicted octanol–water partition coefficient (Wildman–Crippen LogP) is 3.81. The molecule has 1 saturated heterocycles. The largest absolute Gasteiger partial charge is 0.399 e. The molecule has 12 heteroatoms. The number of unbranched alkanes of at least 4 members (excludes halogenated alkanes) is 1. The molecule has 11 nitrogen and oxygen atoms in total. The number of urea groups is 1. The van der Waals surface area contributed by atoms with Gasteiger partial charge in [0.1, 0.15) is 6.04 Å². The Bertz CT molecular complexity index is 1490. The molecule has 0 spiro atoms. The van der Waals surface area contributed by atoms with Crippen LogP contribution in [0.1, 0.15) is 50.2 Å². The number of aliphatic hydroxyl groups excluding tert-OH is 1. The minimum Gasteiger partial charge on any atom is -0.399 e. The number of carbonyl (C=O) groups excluding carboxylic acids is 2. The van der Waals surface area contributed by atoms with Crippen LogP contribution in [0.3, 0.4) is 0 Å². The Morgan fingerprint density at radius 3 is 2.04 bits per heavy atom. The fourth-order valence-electron chi connectivity index (χ4n) is 5.92. The van der Waals surface area contributed by atoms with Crippen molar-refractivity contribution in [3.63, 3.8) is 0 Å². The summed E-state index contributed by atoms with van der Waals surface area (Å²) in [5, 5.41) is 16.4. The van der Waals surface area contributed by atoms with E-state index in [0.717, 1.165) is 11.1 Å². The number of sulfonamides is 1. The molecule has 1 unspecified atom stereocenters. The Morgan fingerprint density at radius 2 is 1.50 bits per heavy atom. The fraction of sp³-hybridized carbons (Fsp3) is 0.444. The van der Waals surface area contributed by atoms with Crippen LogP contribution >= 0.6 is 0 Å². The lowest BCUT2D eigenvalue weighted by molar-refractivity contribution is -0.123. The van der Waals surface area contributed by atoms with Gasteiger partial charge < -0.3 is 31.1 Å². The highest BCUT2D eigenvalue weighted by Gasteiger charge is 2.34. The number of carbonyl (C=O) groups is 2. The van der Waals surface area contributed by atoms with Gasteiger partial charge in [-0.3, -0.25) is 4.79 Å². The molecule has 1 heterocycles. The Morgan fingerprint density at radius 1 is 0.917 bits per heavy atom. The number of amides is 3. The van der Waals surface area contributed by atoms with Crippen molar-refractivity contribution in [2.75, 3.05) is 51.7 Å². The third-order valence-electron chi connectivity index (χ3n) is 8.42. The van der Waals surface area contributed by atoms with Crippen LogP contribution in [0, 0.1) is 5.92 Å². The van der Waals surface area contributed by atoms with Crippen molar-refractivity contribution in [1.29, 1.82) is 0 Å². The van der Waals surface area contributed by atoms with Crippen molar-refractivity contribution in [3.05, 3.63) is 96.1 Å². The van der Waals surface area contributed by atoms with Crippen LogP contribution in [0.5, 0.6) is 0 Å². The molecule has 0 radical (unpaired) electrons. The van der Waals surface area contributed by atoms with Gasteiger partial charge >= 0.3 is 6.03 Å². The normalized spacial score (nSPS) is 15.0. The van der Waals surface area contributed by atoms with Crippen molar-refractivity contribution in [3.8, 4) is 0 Å². The molecule has 0 saturated carbocycles. The number of nitrogens with one attached hydrogen (secondary N) is 2. The van der Waals surface area contributed by atoms with E-state index in [1.165, 1.54) is 16.4 Å². The van der Waals surface area contributed by atoms with E-state index in [1.54, 1.807) is 17.0 Å². The smallest absolute Gasteiger partial charge is 0.318 e. The summed E-state index contributed by atoms with van der Waals surface area (Å²) in [4.78, 5) is 29.1. The van der Waals surface area contributed by atoms with Crippen LogP contribution in [0.4, 0.5) is 10.5 Å². The second kappa shape index (κ2) is 18.0. The summed E-state index contributed by atoms with van der Waals surface area (Å²) < 4.78 is 34.0. The lowest BCUT2D eigenvalue weighted by atomic mass is 9.84. The Kier molecular flexibility index (Phi) is 13.8. The van der Waals surface area contributed by atoms with E-state index in [4.69, 9.17) is 10.5 Å². The Labute approximate surface area is 284 Å². The van der Waals surface area contributed by atoms with E-state index in [0.29, 0.717) is 57.8 Å². The third-order valence-corrected chi connectivity index (χ3v) is 10.4. The number of benzene rings is 3. The maximum atomic E-state index is 13.9. The molecular weight excluding hydrogens is 630 g/mol. The molecule has 2 atom stereocenters. The minimum absolute atomic E-state index is 0.0358. The fourth-order valence-corrected chi connectivity index (χ4v) is 7.73. The summed E-state index contributed by atoms with van der Waals surface area (Å²) >= 11 is 0. The van der Waals surface area contributed by atoms with Crippen molar-refractivity contribution < 1.29 is 27.9 Å². The summed E-state index contributed by atoms with van der Waals surface area (Å²) in [6.07, 6.45) is 1.51. The monoisotopic (exact) mass is 679 g/mol. The first kappa shape index (κ1) is 36.9. The van der Waals surface area contributed by atoms with Gasteiger partial charge in [-0.05, 0) is 54.2 Å². The van der Waals surface area contributed by atoms with Gasteiger partial charge in [-0.2, -0.15) is 4.31 Å². The van der Waals surface area contributed by atoms with Crippen LogP contribution in [-0.2, 0) is 19.6 Å². The zero-order valence-corrected chi connectivity index (χ0v) is 28.6. The van der Waals surface area contributed by atoms with Crippen molar-refractivity contribution in [1.82, 2.24) is 19.8 Å². The minimum atomic E-state index is -3.88. The highest BCUT2D eigenvalue weighted by Crippen LogP contribution is 2.29. The summed E-state index contributed by atoms with van der Waals surface area (Å²) in [6.45, 7) is 5.85. The number of hydrogen-bond donors (Lipinski definition) is 4. The van der Waals surface area contributed by atoms with Crippen LogP contribution < -0.4 is 16.4 Å². The maximum Gasteiger partial charge on any atom is 0.318 e. The zero-order chi connectivity index (χ0) is 34.5. The van der Waals surface area contributed by atoms with E-state index in [9.17, 15) is 23.1 Å². The topological polar surface area (TPSA) is 154 Å². The number of ether oxygens (including phenoxy) is 1.